The number of nitrogens with zero attached hydrogens (tertiary/aromatic N) is 1. The number of amides is 1. The van der Waals surface area contributed by atoms with E-state index < -0.39 is 0 Å². The number of carbonyl (C=O) groups is 1. The van der Waals surface area contributed by atoms with Crippen LogP contribution in [0, 0.1) is 17.3 Å². The minimum atomic E-state index is 0.0242. The Labute approximate surface area is 106 Å². The number of rotatable bonds is 2. The lowest BCUT2D eigenvalue weighted by atomic mass is 9.76. The molecule has 3 unspecified atom stereocenters. The Balaban J connectivity index is 2.67. The van der Waals surface area contributed by atoms with E-state index in [0.717, 1.165) is 25.8 Å². The smallest absolute Gasteiger partial charge is 0.227 e. The summed E-state index contributed by atoms with van der Waals surface area (Å²) in [4.78, 5) is 14.3. The Bertz CT molecular complexity index is 260. The Morgan fingerprint density at radius 1 is 1.35 bits per heavy atom. The molecule has 3 nitrogen and oxygen atoms in total. The Morgan fingerprint density at radius 2 is 1.94 bits per heavy atom. The van der Waals surface area contributed by atoms with Crippen molar-refractivity contribution in [1.29, 1.82) is 0 Å². The summed E-state index contributed by atoms with van der Waals surface area (Å²) in [6.45, 7) is 9.41. The van der Waals surface area contributed by atoms with Gasteiger partial charge in [-0.3, -0.25) is 4.79 Å². The molecule has 0 radical (unpaired) electrons. The van der Waals surface area contributed by atoms with Crippen LogP contribution in [-0.2, 0) is 4.79 Å². The van der Waals surface area contributed by atoms with E-state index in [0.29, 0.717) is 5.92 Å². The van der Waals surface area contributed by atoms with Crippen molar-refractivity contribution in [3.05, 3.63) is 0 Å². The second kappa shape index (κ2) is 5.38. The van der Waals surface area contributed by atoms with Gasteiger partial charge in [-0.05, 0) is 24.2 Å². The molecule has 3 heteroatoms. The fraction of sp³-hybridized carbons (Fsp3) is 0.929. The van der Waals surface area contributed by atoms with Crippen LogP contribution in [-0.4, -0.2) is 30.4 Å². The van der Waals surface area contributed by atoms with Crippen LogP contribution in [0.3, 0.4) is 0 Å². The second-order valence-corrected chi connectivity index (χ2v) is 6.85. The molecule has 1 aliphatic carbocycles. The van der Waals surface area contributed by atoms with Crippen LogP contribution in [0.1, 0.15) is 47.0 Å². The molecule has 1 amide bonds. The summed E-state index contributed by atoms with van der Waals surface area (Å²) in [6, 6.07) is 0.0497. The number of hydrogen-bond donors (Lipinski definition) is 1. The monoisotopic (exact) mass is 240 g/mol. The molecule has 1 fully saturated rings. The highest BCUT2D eigenvalue weighted by Gasteiger charge is 2.36. The molecule has 17 heavy (non-hydrogen) atoms. The summed E-state index contributed by atoms with van der Waals surface area (Å²) >= 11 is 0. The maximum Gasteiger partial charge on any atom is 0.227 e. The lowest BCUT2D eigenvalue weighted by Gasteiger charge is -2.37. The zero-order valence-corrected chi connectivity index (χ0v) is 12.0. The SMILES string of the molecule is CC1CCCC(N)C1C(=O)N(C)CC(C)(C)C. The lowest BCUT2D eigenvalue weighted by Crippen LogP contribution is -2.49. The molecule has 100 valence electrons. The molecular formula is C14H28N2O. The average Bonchev–Trinajstić information content (AvgIpc) is 2.14. The first-order chi connectivity index (χ1) is 7.72. The van der Waals surface area contributed by atoms with Gasteiger partial charge in [-0.25, -0.2) is 0 Å². The van der Waals surface area contributed by atoms with Crippen molar-refractivity contribution in [3.63, 3.8) is 0 Å². The summed E-state index contributed by atoms with van der Waals surface area (Å²) in [7, 11) is 1.90. The van der Waals surface area contributed by atoms with Crippen LogP contribution in [0.5, 0.6) is 0 Å². The Hall–Kier alpha value is -0.570. The van der Waals surface area contributed by atoms with E-state index in [-0.39, 0.29) is 23.3 Å². The van der Waals surface area contributed by atoms with Crippen molar-refractivity contribution >= 4 is 5.91 Å². The third-order valence-electron chi connectivity index (χ3n) is 3.64. The first-order valence-corrected chi connectivity index (χ1v) is 6.73. The average molecular weight is 240 g/mol. The van der Waals surface area contributed by atoms with E-state index in [2.05, 4.69) is 27.7 Å². The second-order valence-electron chi connectivity index (χ2n) is 6.85. The zero-order valence-electron chi connectivity index (χ0n) is 12.0. The van der Waals surface area contributed by atoms with Gasteiger partial charge in [0.05, 0.1) is 5.92 Å². The van der Waals surface area contributed by atoms with Gasteiger partial charge in [-0.15, -0.1) is 0 Å². The summed E-state index contributed by atoms with van der Waals surface area (Å²) < 4.78 is 0. The molecule has 1 rings (SSSR count). The number of nitrogens with two attached hydrogens (primary N) is 1. The molecule has 0 aromatic heterocycles. The normalized spacial score (nSPS) is 30.1. The van der Waals surface area contributed by atoms with Crippen molar-refractivity contribution in [1.82, 2.24) is 4.90 Å². The molecular weight excluding hydrogens is 212 g/mol. The minimum absolute atomic E-state index is 0.0242. The van der Waals surface area contributed by atoms with E-state index in [1.807, 2.05) is 11.9 Å². The molecule has 0 aromatic rings. The largest absolute Gasteiger partial charge is 0.345 e. The van der Waals surface area contributed by atoms with E-state index in [1.165, 1.54) is 0 Å². The highest BCUT2D eigenvalue weighted by Crippen LogP contribution is 2.30. The molecule has 0 spiro atoms. The van der Waals surface area contributed by atoms with Crippen LogP contribution in [0.15, 0.2) is 0 Å². The predicted molar refractivity (Wildman–Crippen MR) is 71.6 cm³/mol. The van der Waals surface area contributed by atoms with Gasteiger partial charge in [0.1, 0.15) is 0 Å². The van der Waals surface area contributed by atoms with E-state index in [4.69, 9.17) is 5.73 Å². The number of hydrogen-bond acceptors (Lipinski definition) is 2. The zero-order chi connectivity index (χ0) is 13.2. The highest BCUT2D eigenvalue weighted by molar-refractivity contribution is 5.79. The maximum absolute atomic E-state index is 12.4. The molecule has 1 saturated carbocycles. The van der Waals surface area contributed by atoms with Crippen molar-refractivity contribution in [2.45, 2.75) is 53.0 Å². The summed E-state index contributed by atoms with van der Waals surface area (Å²) in [5.41, 5.74) is 6.27. The van der Waals surface area contributed by atoms with Crippen LogP contribution in [0.4, 0.5) is 0 Å². The van der Waals surface area contributed by atoms with Crippen molar-refractivity contribution in [2.24, 2.45) is 23.0 Å². The first-order valence-electron chi connectivity index (χ1n) is 6.73. The molecule has 0 aliphatic heterocycles. The van der Waals surface area contributed by atoms with Crippen LogP contribution < -0.4 is 5.73 Å². The van der Waals surface area contributed by atoms with E-state index in [9.17, 15) is 4.79 Å². The fourth-order valence-corrected chi connectivity index (χ4v) is 2.93. The summed E-state index contributed by atoms with van der Waals surface area (Å²) in [5.74, 6) is 0.685. The third kappa shape index (κ3) is 3.98. The molecule has 3 atom stereocenters. The first kappa shape index (κ1) is 14.5. The molecule has 0 aromatic carbocycles. The lowest BCUT2D eigenvalue weighted by molar-refractivity contribution is -0.138. The highest BCUT2D eigenvalue weighted by atomic mass is 16.2. The maximum atomic E-state index is 12.4. The van der Waals surface area contributed by atoms with Crippen LogP contribution in [0.2, 0.25) is 0 Å². The summed E-state index contributed by atoms with van der Waals surface area (Å²) in [5, 5.41) is 0. The standard InChI is InChI=1S/C14H28N2O/c1-10-7-6-8-11(15)12(10)13(17)16(5)9-14(2,3)4/h10-12H,6-9,15H2,1-5H3. The predicted octanol–water partition coefficient (Wildman–Crippen LogP) is 2.25. The van der Waals surface area contributed by atoms with Gasteiger partial charge in [-0.1, -0.05) is 34.1 Å². The molecule has 1 aliphatic rings. The fourth-order valence-electron chi connectivity index (χ4n) is 2.93. The van der Waals surface area contributed by atoms with E-state index >= 15 is 0 Å². The Morgan fingerprint density at radius 3 is 2.41 bits per heavy atom. The van der Waals surface area contributed by atoms with Crippen molar-refractivity contribution in [2.75, 3.05) is 13.6 Å². The number of carbonyl (C=O) groups excluding carboxylic acids is 1. The minimum Gasteiger partial charge on any atom is -0.345 e. The topological polar surface area (TPSA) is 46.3 Å². The Kier molecular flexibility index (Phi) is 4.59. The molecule has 0 heterocycles. The van der Waals surface area contributed by atoms with Crippen molar-refractivity contribution in [3.8, 4) is 0 Å². The van der Waals surface area contributed by atoms with Crippen LogP contribution in [0.25, 0.3) is 0 Å². The summed E-state index contributed by atoms with van der Waals surface area (Å²) in [6.07, 6.45) is 3.28. The third-order valence-corrected chi connectivity index (χ3v) is 3.64. The van der Waals surface area contributed by atoms with Gasteiger partial charge < -0.3 is 10.6 Å². The van der Waals surface area contributed by atoms with Gasteiger partial charge >= 0.3 is 0 Å². The quantitative estimate of drug-likeness (QED) is 0.804. The van der Waals surface area contributed by atoms with Gasteiger partial charge in [0.25, 0.3) is 0 Å². The van der Waals surface area contributed by atoms with Crippen molar-refractivity contribution < 1.29 is 4.79 Å². The molecule has 0 bridgehead atoms. The molecule has 2 N–H and O–H groups in total. The van der Waals surface area contributed by atoms with Gasteiger partial charge in [-0.2, -0.15) is 0 Å². The van der Waals surface area contributed by atoms with E-state index in [1.54, 1.807) is 0 Å². The van der Waals surface area contributed by atoms with Crippen LogP contribution >= 0.6 is 0 Å². The van der Waals surface area contributed by atoms with Gasteiger partial charge in [0.2, 0.25) is 5.91 Å². The van der Waals surface area contributed by atoms with Gasteiger partial charge in [0, 0.05) is 19.6 Å². The molecule has 0 saturated heterocycles. The van der Waals surface area contributed by atoms with Gasteiger partial charge in [0.15, 0.2) is 0 Å².